The van der Waals surface area contributed by atoms with Crippen molar-refractivity contribution >= 4 is 22.6 Å². The number of anilines is 1. The molecule has 0 aliphatic carbocycles. The lowest BCUT2D eigenvalue weighted by molar-refractivity contribution is 0.0670. The normalized spacial score (nSPS) is 15.9. The third kappa shape index (κ3) is 5.03. The lowest BCUT2D eigenvalue weighted by atomic mass is 10.1. The van der Waals surface area contributed by atoms with Gasteiger partial charge in [0.2, 0.25) is 5.13 Å². The molecule has 9 heteroatoms. The van der Waals surface area contributed by atoms with E-state index in [4.69, 9.17) is 19.2 Å². The molecule has 1 aliphatic heterocycles. The van der Waals surface area contributed by atoms with Crippen LogP contribution in [0.2, 0.25) is 0 Å². The molecule has 0 spiro atoms. The average molecular weight is 469 g/mol. The van der Waals surface area contributed by atoms with Crippen molar-refractivity contribution in [1.29, 1.82) is 0 Å². The molecule has 3 aromatic rings. The number of ether oxygens (including phenoxy) is 3. The minimum atomic E-state index is -0.0439. The maximum atomic E-state index is 13.2. The van der Waals surface area contributed by atoms with Gasteiger partial charge in [-0.1, -0.05) is 12.1 Å². The van der Waals surface area contributed by atoms with Gasteiger partial charge in [0.05, 0.1) is 26.9 Å². The average Bonchev–Trinajstić information content (AvgIpc) is 3.31. The van der Waals surface area contributed by atoms with Crippen LogP contribution in [0.25, 0.3) is 0 Å². The first kappa shape index (κ1) is 22.8. The van der Waals surface area contributed by atoms with E-state index < -0.39 is 0 Å². The summed E-state index contributed by atoms with van der Waals surface area (Å²) in [4.78, 5) is 22.1. The first-order chi connectivity index (χ1) is 16.0. The van der Waals surface area contributed by atoms with Gasteiger partial charge in [-0.05, 0) is 36.8 Å². The van der Waals surface area contributed by atoms with E-state index in [0.717, 1.165) is 22.3 Å². The second-order valence-electron chi connectivity index (χ2n) is 7.88. The molecule has 33 heavy (non-hydrogen) atoms. The van der Waals surface area contributed by atoms with Gasteiger partial charge in [-0.3, -0.25) is 4.79 Å². The van der Waals surface area contributed by atoms with E-state index in [9.17, 15) is 4.79 Å². The standard InChI is InChI=1S/C24H28N4O4S/c1-16-15-27(24-25-22(26-33-24)13-17-6-5-7-18(12-17)30-2)10-11-28(16)23(29)20-9-8-19(31-3)14-21(20)32-4/h5-9,12,14,16H,10-11,13,15H2,1-4H3. The summed E-state index contributed by atoms with van der Waals surface area (Å²) >= 11 is 1.40. The maximum absolute atomic E-state index is 13.2. The number of hydrogen-bond donors (Lipinski definition) is 0. The highest BCUT2D eigenvalue weighted by atomic mass is 32.1. The minimum absolute atomic E-state index is 0.0174. The van der Waals surface area contributed by atoms with Crippen LogP contribution in [0.15, 0.2) is 42.5 Å². The summed E-state index contributed by atoms with van der Waals surface area (Å²) in [5.41, 5.74) is 1.64. The number of aromatic nitrogens is 2. The largest absolute Gasteiger partial charge is 0.497 e. The van der Waals surface area contributed by atoms with Crippen LogP contribution in [0.5, 0.6) is 17.2 Å². The Bertz CT molecular complexity index is 1120. The SMILES string of the molecule is COc1cccc(Cc2nsc(N3CCN(C(=O)c4ccc(OC)cc4OC)C(C)C3)n2)c1. The highest BCUT2D eigenvalue weighted by Gasteiger charge is 2.31. The molecular formula is C24H28N4O4S. The Morgan fingerprint density at radius 2 is 1.85 bits per heavy atom. The summed E-state index contributed by atoms with van der Waals surface area (Å²) in [6.45, 7) is 4.04. The lowest BCUT2D eigenvalue weighted by Gasteiger charge is -2.39. The molecule has 174 valence electrons. The fraction of sp³-hybridized carbons (Fsp3) is 0.375. The number of rotatable bonds is 7. The van der Waals surface area contributed by atoms with E-state index in [-0.39, 0.29) is 11.9 Å². The van der Waals surface area contributed by atoms with Crippen LogP contribution >= 0.6 is 11.5 Å². The zero-order chi connectivity index (χ0) is 23.4. The quantitative estimate of drug-likeness (QED) is 0.525. The summed E-state index contributed by atoms with van der Waals surface area (Å²) in [6, 6.07) is 13.2. The fourth-order valence-electron chi connectivity index (χ4n) is 3.97. The van der Waals surface area contributed by atoms with E-state index in [1.54, 1.807) is 39.5 Å². The van der Waals surface area contributed by atoms with Gasteiger partial charge in [-0.2, -0.15) is 4.37 Å². The summed E-state index contributed by atoms with van der Waals surface area (Å²) in [5.74, 6) is 2.74. The van der Waals surface area contributed by atoms with Crippen LogP contribution < -0.4 is 19.1 Å². The summed E-state index contributed by atoms with van der Waals surface area (Å²) in [7, 11) is 4.81. The molecule has 0 N–H and O–H groups in total. The van der Waals surface area contributed by atoms with Crippen LogP contribution in [0.1, 0.15) is 28.7 Å². The lowest BCUT2D eigenvalue weighted by Crippen LogP contribution is -2.54. The molecule has 1 amide bonds. The molecule has 8 nitrogen and oxygen atoms in total. The van der Waals surface area contributed by atoms with Gasteiger partial charge < -0.3 is 24.0 Å². The number of hydrogen-bond acceptors (Lipinski definition) is 8. The molecule has 1 aliphatic rings. The van der Waals surface area contributed by atoms with Gasteiger partial charge in [0.1, 0.15) is 23.1 Å². The molecule has 2 aromatic carbocycles. The highest BCUT2D eigenvalue weighted by molar-refractivity contribution is 7.09. The van der Waals surface area contributed by atoms with Crippen molar-refractivity contribution in [2.75, 3.05) is 45.9 Å². The van der Waals surface area contributed by atoms with Crippen LogP contribution in [0.3, 0.4) is 0 Å². The Morgan fingerprint density at radius 3 is 2.58 bits per heavy atom. The van der Waals surface area contributed by atoms with Gasteiger partial charge in [0, 0.05) is 49.7 Å². The third-order valence-electron chi connectivity index (χ3n) is 5.75. The number of nitrogens with zero attached hydrogens (tertiary/aromatic N) is 4. The number of methoxy groups -OCH3 is 3. The maximum Gasteiger partial charge on any atom is 0.257 e. The zero-order valence-electron chi connectivity index (χ0n) is 19.3. The van der Waals surface area contributed by atoms with Crippen molar-refractivity contribution in [2.24, 2.45) is 0 Å². The van der Waals surface area contributed by atoms with Crippen LogP contribution in [-0.2, 0) is 6.42 Å². The van der Waals surface area contributed by atoms with Crippen molar-refractivity contribution in [3.8, 4) is 17.2 Å². The molecule has 1 fully saturated rings. The van der Waals surface area contributed by atoms with Crippen LogP contribution in [0, 0.1) is 0 Å². The second-order valence-corrected chi connectivity index (χ2v) is 8.61. The molecular weight excluding hydrogens is 440 g/mol. The fourth-order valence-corrected chi connectivity index (χ4v) is 4.69. The Hall–Kier alpha value is -3.33. The predicted octanol–water partition coefficient (Wildman–Crippen LogP) is 3.51. The molecule has 2 heterocycles. The first-order valence-corrected chi connectivity index (χ1v) is 11.5. The Morgan fingerprint density at radius 1 is 1.06 bits per heavy atom. The number of piperazine rings is 1. The molecule has 1 aromatic heterocycles. The first-order valence-electron chi connectivity index (χ1n) is 10.8. The zero-order valence-corrected chi connectivity index (χ0v) is 20.1. The smallest absolute Gasteiger partial charge is 0.257 e. The summed E-state index contributed by atoms with van der Waals surface area (Å²) < 4.78 is 20.5. The van der Waals surface area contributed by atoms with Gasteiger partial charge in [0.15, 0.2) is 0 Å². The molecule has 0 saturated carbocycles. The molecule has 1 unspecified atom stereocenters. The Balaban J connectivity index is 1.42. The van der Waals surface area contributed by atoms with Crippen molar-refractivity contribution < 1.29 is 19.0 Å². The topological polar surface area (TPSA) is 77.0 Å². The second kappa shape index (κ2) is 10.1. The van der Waals surface area contributed by atoms with Crippen molar-refractivity contribution in [1.82, 2.24) is 14.3 Å². The van der Waals surface area contributed by atoms with E-state index in [2.05, 4.69) is 16.2 Å². The van der Waals surface area contributed by atoms with Crippen LogP contribution in [0.4, 0.5) is 5.13 Å². The van der Waals surface area contributed by atoms with Crippen molar-refractivity contribution in [2.45, 2.75) is 19.4 Å². The highest BCUT2D eigenvalue weighted by Crippen LogP contribution is 2.28. The van der Waals surface area contributed by atoms with Crippen molar-refractivity contribution in [3.05, 3.63) is 59.4 Å². The number of amides is 1. The Labute approximate surface area is 197 Å². The molecule has 1 atom stereocenters. The van der Waals surface area contributed by atoms with E-state index in [0.29, 0.717) is 43.1 Å². The summed E-state index contributed by atoms with van der Waals surface area (Å²) in [6.07, 6.45) is 0.652. The van der Waals surface area contributed by atoms with Gasteiger partial charge in [0.25, 0.3) is 5.91 Å². The Kier molecular flexibility index (Phi) is 6.98. The van der Waals surface area contributed by atoms with E-state index in [1.807, 2.05) is 29.2 Å². The molecule has 0 bridgehead atoms. The van der Waals surface area contributed by atoms with Gasteiger partial charge in [-0.25, -0.2) is 4.98 Å². The monoisotopic (exact) mass is 468 g/mol. The predicted molar refractivity (Wildman–Crippen MR) is 128 cm³/mol. The van der Waals surface area contributed by atoms with Gasteiger partial charge >= 0.3 is 0 Å². The third-order valence-corrected chi connectivity index (χ3v) is 6.57. The molecule has 0 radical (unpaired) electrons. The van der Waals surface area contributed by atoms with E-state index in [1.165, 1.54) is 11.5 Å². The number of carbonyl (C=O) groups excluding carboxylic acids is 1. The molecule has 1 saturated heterocycles. The van der Waals surface area contributed by atoms with Crippen LogP contribution in [-0.4, -0.2) is 67.2 Å². The number of carbonyl (C=O) groups is 1. The van der Waals surface area contributed by atoms with Crippen molar-refractivity contribution in [3.63, 3.8) is 0 Å². The summed E-state index contributed by atoms with van der Waals surface area (Å²) in [5, 5.41) is 0.883. The van der Waals surface area contributed by atoms with Gasteiger partial charge in [-0.15, -0.1) is 0 Å². The minimum Gasteiger partial charge on any atom is -0.497 e. The number of benzene rings is 2. The van der Waals surface area contributed by atoms with E-state index >= 15 is 0 Å². The molecule has 4 rings (SSSR count).